The minimum atomic E-state index is 0.323. The van der Waals surface area contributed by atoms with Crippen LogP contribution < -0.4 is 5.73 Å². The van der Waals surface area contributed by atoms with Crippen LogP contribution in [0.3, 0.4) is 0 Å². The molecule has 0 spiro atoms. The number of nitrogens with zero attached hydrogens (tertiary/aromatic N) is 1. The lowest BCUT2D eigenvalue weighted by molar-refractivity contribution is 0.305. The van der Waals surface area contributed by atoms with Gasteiger partial charge in [-0.3, -0.25) is 0 Å². The third-order valence-electron chi connectivity index (χ3n) is 1.87. The first-order chi connectivity index (χ1) is 4.68. The first-order valence-corrected chi connectivity index (χ1v) is 4.12. The van der Waals surface area contributed by atoms with Gasteiger partial charge in [0.05, 0.1) is 0 Å². The Labute approximate surface area is 63.4 Å². The van der Waals surface area contributed by atoms with Crippen molar-refractivity contribution in [2.24, 2.45) is 11.7 Å². The van der Waals surface area contributed by atoms with Crippen molar-refractivity contribution in [3.8, 4) is 0 Å². The molecule has 0 saturated heterocycles. The second kappa shape index (κ2) is 3.35. The number of likely N-dealkylation sites (N-methyl/N-ethyl adjacent to an activating group) is 1. The fourth-order valence-electron chi connectivity index (χ4n) is 1.31. The van der Waals surface area contributed by atoms with Gasteiger partial charge in [0, 0.05) is 19.1 Å². The zero-order valence-corrected chi connectivity index (χ0v) is 7.01. The molecule has 0 radical (unpaired) electrons. The van der Waals surface area contributed by atoms with Crippen LogP contribution in [0.4, 0.5) is 0 Å². The van der Waals surface area contributed by atoms with E-state index in [2.05, 4.69) is 18.9 Å². The highest BCUT2D eigenvalue weighted by Gasteiger charge is 2.22. The van der Waals surface area contributed by atoms with Gasteiger partial charge in [-0.15, -0.1) is 0 Å². The lowest BCUT2D eigenvalue weighted by Gasteiger charge is -2.17. The van der Waals surface area contributed by atoms with Crippen LogP contribution in [-0.4, -0.2) is 31.1 Å². The van der Waals surface area contributed by atoms with Crippen molar-refractivity contribution in [1.29, 1.82) is 0 Å². The Morgan fingerprint density at radius 2 is 2.20 bits per heavy atom. The third-order valence-corrected chi connectivity index (χ3v) is 1.87. The van der Waals surface area contributed by atoms with Gasteiger partial charge in [0.1, 0.15) is 0 Å². The van der Waals surface area contributed by atoms with Crippen LogP contribution in [0.1, 0.15) is 19.8 Å². The highest BCUT2D eigenvalue weighted by atomic mass is 15.1. The predicted molar refractivity (Wildman–Crippen MR) is 43.9 cm³/mol. The lowest BCUT2D eigenvalue weighted by Crippen LogP contribution is -2.33. The average Bonchev–Trinajstić information content (AvgIpc) is 2.46. The van der Waals surface area contributed by atoms with Crippen LogP contribution >= 0.6 is 0 Å². The minimum Gasteiger partial charge on any atom is -0.327 e. The maximum atomic E-state index is 5.65. The molecule has 2 nitrogen and oxygen atoms in total. The molecule has 1 rings (SSSR count). The van der Waals surface area contributed by atoms with E-state index < -0.39 is 0 Å². The molecule has 2 N–H and O–H groups in total. The Kier molecular flexibility index (Phi) is 2.69. The van der Waals surface area contributed by atoms with Crippen molar-refractivity contribution < 1.29 is 0 Å². The smallest absolute Gasteiger partial charge is 0.0139 e. The molecule has 0 bridgehead atoms. The van der Waals surface area contributed by atoms with Crippen LogP contribution in [0, 0.1) is 5.92 Å². The van der Waals surface area contributed by atoms with Gasteiger partial charge in [0.25, 0.3) is 0 Å². The Hall–Kier alpha value is -0.0800. The van der Waals surface area contributed by atoms with Crippen molar-refractivity contribution in [3.05, 3.63) is 0 Å². The van der Waals surface area contributed by atoms with Crippen LogP contribution in [0.5, 0.6) is 0 Å². The molecule has 0 heterocycles. The lowest BCUT2D eigenvalue weighted by atomic mass is 10.3. The van der Waals surface area contributed by atoms with E-state index in [1.165, 1.54) is 19.4 Å². The molecule has 0 aromatic carbocycles. The summed E-state index contributed by atoms with van der Waals surface area (Å²) in [5.41, 5.74) is 5.65. The molecule has 2 heteroatoms. The van der Waals surface area contributed by atoms with Gasteiger partial charge in [-0.25, -0.2) is 0 Å². The number of rotatable bonds is 4. The average molecular weight is 142 g/mol. The van der Waals surface area contributed by atoms with Gasteiger partial charge in [0.15, 0.2) is 0 Å². The second-order valence-corrected chi connectivity index (χ2v) is 3.64. The summed E-state index contributed by atoms with van der Waals surface area (Å²) in [6.45, 7) is 4.35. The molecule has 0 aromatic heterocycles. The fourth-order valence-corrected chi connectivity index (χ4v) is 1.31. The van der Waals surface area contributed by atoms with Crippen molar-refractivity contribution in [3.63, 3.8) is 0 Å². The second-order valence-electron chi connectivity index (χ2n) is 3.64. The van der Waals surface area contributed by atoms with Gasteiger partial charge in [-0.2, -0.15) is 0 Å². The summed E-state index contributed by atoms with van der Waals surface area (Å²) in [4.78, 5) is 2.34. The van der Waals surface area contributed by atoms with E-state index in [1.807, 2.05) is 0 Å². The van der Waals surface area contributed by atoms with E-state index in [1.54, 1.807) is 0 Å². The summed E-state index contributed by atoms with van der Waals surface area (Å²) in [7, 11) is 2.15. The molecule has 1 saturated carbocycles. The van der Waals surface area contributed by atoms with Crippen LogP contribution in [0.15, 0.2) is 0 Å². The fraction of sp³-hybridized carbons (Fsp3) is 1.00. The molecule has 0 amide bonds. The Balaban J connectivity index is 2.02. The molecule has 1 unspecified atom stereocenters. The zero-order chi connectivity index (χ0) is 7.56. The van der Waals surface area contributed by atoms with E-state index >= 15 is 0 Å². The SMILES string of the molecule is CC(N)CN(C)CC1CC1. The van der Waals surface area contributed by atoms with Gasteiger partial charge in [-0.05, 0) is 32.7 Å². The normalized spacial score (nSPS) is 21.6. The topological polar surface area (TPSA) is 29.3 Å². The van der Waals surface area contributed by atoms with E-state index in [0.717, 1.165) is 12.5 Å². The Bertz CT molecular complexity index is 93.4. The number of hydrogen-bond acceptors (Lipinski definition) is 2. The first kappa shape index (κ1) is 8.02. The summed E-state index contributed by atoms with van der Waals surface area (Å²) in [6, 6.07) is 0.323. The van der Waals surface area contributed by atoms with Crippen molar-refractivity contribution >= 4 is 0 Å². The minimum absolute atomic E-state index is 0.323. The largest absolute Gasteiger partial charge is 0.327 e. The van der Waals surface area contributed by atoms with Crippen LogP contribution in [0.2, 0.25) is 0 Å². The van der Waals surface area contributed by atoms with E-state index in [9.17, 15) is 0 Å². The molecular weight excluding hydrogens is 124 g/mol. The maximum Gasteiger partial charge on any atom is 0.0139 e. The third kappa shape index (κ3) is 3.18. The summed E-state index contributed by atoms with van der Waals surface area (Å²) in [5.74, 6) is 0.990. The summed E-state index contributed by atoms with van der Waals surface area (Å²) in [6.07, 6.45) is 2.87. The van der Waals surface area contributed by atoms with Crippen LogP contribution in [-0.2, 0) is 0 Å². The highest BCUT2D eigenvalue weighted by molar-refractivity contribution is 4.76. The maximum absolute atomic E-state index is 5.65. The molecule has 1 fully saturated rings. The van der Waals surface area contributed by atoms with E-state index in [0.29, 0.717) is 6.04 Å². The molecule has 0 aliphatic heterocycles. The molecule has 1 aliphatic carbocycles. The summed E-state index contributed by atoms with van der Waals surface area (Å²) in [5, 5.41) is 0. The molecular formula is C8H18N2. The zero-order valence-electron chi connectivity index (χ0n) is 7.01. The van der Waals surface area contributed by atoms with E-state index in [-0.39, 0.29) is 0 Å². The van der Waals surface area contributed by atoms with Gasteiger partial charge in [-0.1, -0.05) is 0 Å². The van der Waals surface area contributed by atoms with Crippen molar-refractivity contribution in [1.82, 2.24) is 4.90 Å². The first-order valence-electron chi connectivity index (χ1n) is 4.12. The molecule has 60 valence electrons. The monoisotopic (exact) mass is 142 g/mol. The van der Waals surface area contributed by atoms with Gasteiger partial charge < -0.3 is 10.6 Å². The summed E-state index contributed by atoms with van der Waals surface area (Å²) < 4.78 is 0. The highest BCUT2D eigenvalue weighted by Crippen LogP contribution is 2.29. The van der Waals surface area contributed by atoms with Crippen molar-refractivity contribution in [2.45, 2.75) is 25.8 Å². The summed E-state index contributed by atoms with van der Waals surface area (Å²) >= 11 is 0. The molecule has 1 atom stereocenters. The number of nitrogens with two attached hydrogens (primary N) is 1. The quantitative estimate of drug-likeness (QED) is 0.625. The molecule has 10 heavy (non-hydrogen) atoms. The molecule has 0 aromatic rings. The Morgan fingerprint density at radius 1 is 1.60 bits per heavy atom. The van der Waals surface area contributed by atoms with Gasteiger partial charge in [0.2, 0.25) is 0 Å². The van der Waals surface area contributed by atoms with E-state index in [4.69, 9.17) is 5.73 Å². The van der Waals surface area contributed by atoms with Crippen LogP contribution in [0.25, 0.3) is 0 Å². The van der Waals surface area contributed by atoms with Gasteiger partial charge >= 0.3 is 0 Å². The standard InChI is InChI=1S/C8H18N2/c1-7(9)5-10(2)6-8-3-4-8/h7-8H,3-6,9H2,1-2H3. The number of hydrogen-bond donors (Lipinski definition) is 1. The molecule has 1 aliphatic rings. The Morgan fingerprint density at radius 3 is 2.60 bits per heavy atom. The van der Waals surface area contributed by atoms with Crippen molar-refractivity contribution in [2.75, 3.05) is 20.1 Å². The predicted octanol–water partition coefficient (Wildman–Crippen LogP) is 0.675.